The standard InChI is InChI=1S/C11H12F2O3/c1-11(12,13)8-6-4-3-5-7(8)9(14)10(15)16-2/h3-6,9,14H,1-2H3. The van der Waals surface area contributed by atoms with Crippen molar-refractivity contribution in [2.75, 3.05) is 7.11 Å². The van der Waals surface area contributed by atoms with E-state index < -0.39 is 18.0 Å². The van der Waals surface area contributed by atoms with Crippen LogP contribution >= 0.6 is 0 Å². The minimum atomic E-state index is -3.12. The van der Waals surface area contributed by atoms with Crippen LogP contribution in [0.1, 0.15) is 24.2 Å². The Labute approximate surface area is 91.7 Å². The molecule has 0 spiro atoms. The van der Waals surface area contributed by atoms with Gasteiger partial charge in [0, 0.05) is 18.1 Å². The second-order valence-electron chi connectivity index (χ2n) is 3.40. The first-order valence-corrected chi connectivity index (χ1v) is 4.61. The van der Waals surface area contributed by atoms with Crippen LogP contribution in [-0.2, 0) is 15.5 Å². The van der Waals surface area contributed by atoms with Crippen molar-refractivity contribution in [3.8, 4) is 0 Å². The van der Waals surface area contributed by atoms with E-state index in [0.717, 1.165) is 7.11 Å². The number of aliphatic hydroxyl groups excluding tert-OH is 1. The molecule has 0 amide bonds. The first kappa shape index (κ1) is 12.6. The molecular formula is C11H12F2O3. The molecule has 1 aromatic rings. The lowest BCUT2D eigenvalue weighted by Crippen LogP contribution is -2.19. The van der Waals surface area contributed by atoms with Crippen molar-refractivity contribution in [2.24, 2.45) is 0 Å². The summed E-state index contributed by atoms with van der Waals surface area (Å²) < 4.78 is 30.7. The SMILES string of the molecule is COC(=O)C(O)c1ccccc1C(C)(F)F. The lowest BCUT2D eigenvalue weighted by atomic mass is 9.98. The molecule has 1 N–H and O–H groups in total. The highest BCUT2D eigenvalue weighted by atomic mass is 19.3. The monoisotopic (exact) mass is 230 g/mol. The second kappa shape index (κ2) is 4.57. The minimum absolute atomic E-state index is 0.137. The summed E-state index contributed by atoms with van der Waals surface area (Å²) in [5.74, 6) is -4.08. The summed E-state index contributed by atoms with van der Waals surface area (Å²) >= 11 is 0. The molecule has 0 heterocycles. The highest BCUT2D eigenvalue weighted by Gasteiger charge is 2.31. The van der Waals surface area contributed by atoms with E-state index in [4.69, 9.17) is 0 Å². The Bertz CT molecular complexity index is 385. The van der Waals surface area contributed by atoms with Crippen LogP contribution in [0.4, 0.5) is 8.78 Å². The summed E-state index contributed by atoms with van der Waals surface area (Å²) in [6.07, 6.45) is -1.69. The van der Waals surface area contributed by atoms with Crippen LogP contribution in [0, 0.1) is 0 Å². The number of hydrogen-bond acceptors (Lipinski definition) is 3. The van der Waals surface area contributed by atoms with Crippen molar-refractivity contribution in [2.45, 2.75) is 19.0 Å². The Morgan fingerprint density at radius 3 is 2.50 bits per heavy atom. The maximum absolute atomic E-state index is 13.2. The summed E-state index contributed by atoms with van der Waals surface area (Å²) in [4.78, 5) is 11.1. The van der Waals surface area contributed by atoms with E-state index in [1.54, 1.807) is 0 Å². The van der Waals surface area contributed by atoms with Gasteiger partial charge in [0.05, 0.1) is 7.11 Å². The van der Waals surface area contributed by atoms with E-state index >= 15 is 0 Å². The Kier molecular flexibility index (Phi) is 3.59. The third-order valence-electron chi connectivity index (χ3n) is 2.15. The van der Waals surface area contributed by atoms with E-state index in [1.807, 2.05) is 0 Å². The number of rotatable bonds is 3. The van der Waals surface area contributed by atoms with Gasteiger partial charge in [-0.2, -0.15) is 0 Å². The summed E-state index contributed by atoms with van der Waals surface area (Å²) in [6.45, 7) is 0.704. The number of carbonyl (C=O) groups is 1. The van der Waals surface area contributed by atoms with Gasteiger partial charge in [0.15, 0.2) is 6.10 Å². The fourth-order valence-corrected chi connectivity index (χ4v) is 1.37. The van der Waals surface area contributed by atoms with Crippen LogP contribution in [0.2, 0.25) is 0 Å². The molecule has 1 rings (SSSR count). The van der Waals surface area contributed by atoms with E-state index in [0.29, 0.717) is 6.92 Å². The van der Waals surface area contributed by atoms with Gasteiger partial charge in [0.1, 0.15) is 0 Å². The number of halogens is 2. The van der Waals surface area contributed by atoms with Crippen LogP contribution in [0.3, 0.4) is 0 Å². The third kappa shape index (κ3) is 2.55. The summed E-state index contributed by atoms with van der Waals surface area (Å²) in [5.41, 5.74) is -0.519. The molecule has 1 unspecified atom stereocenters. The zero-order valence-electron chi connectivity index (χ0n) is 8.91. The molecule has 5 heteroatoms. The Hall–Kier alpha value is -1.49. The topological polar surface area (TPSA) is 46.5 Å². The number of methoxy groups -OCH3 is 1. The van der Waals surface area contributed by atoms with Gasteiger partial charge in [0.25, 0.3) is 5.92 Å². The van der Waals surface area contributed by atoms with Crippen molar-refractivity contribution in [1.82, 2.24) is 0 Å². The van der Waals surface area contributed by atoms with E-state index in [1.165, 1.54) is 24.3 Å². The number of carbonyl (C=O) groups excluding carboxylic acids is 1. The Morgan fingerprint density at radius 1 is 1.44 bits per heavy atom. The maximum atomic E-state index is 13.2. The van der Waals surface area contributed by atoms with Gasteiger partial charge < -0.3 is 9.84 Å². The zero-order chi connectivity index (χ0) is 12.3. The van der Waals surface area contributed by atoms with Gasteiger partial charge in [0.2, 0.25) is 0 Å². The van der Waals surface area contributed by atoms with Crippen LogP contribution in [0.5, 0.6) is 0 Å². The Balaban J connectivity index is 3.19. The van der Waals surface area contributed by atoms with E-state index in [2.05, 4.69) is 4.74 Å². The fraction of sp³-hybridized carbons (Fsp3) is 0.364. The number of alkyl halides is 2. The molecule has 1 aromatic carbocycles. The molecule has 0 saturated carbocycles. The first-order chi connectivity index (χ1) is 7.38. The first-order valence-electron chi connectivity index (χ1n) is 4.61. The smallest absolute Gasteiger partial charge is 0.339 e. The average molecular weight is 230 g/mol. The number of esters is 1. The van der Waals surface area contributed by atoms with Crippen molar-refractivity contribution < 1.29 is 23.4 Å². The molecule has 0 aliphatic rings. The van der Waals surface area contributed by atoms with Gasteiger partial charge in [-0.25, -0.2) is 13.6 Å². The van der Waals surface area contributed by atoms with E-state index in [9.17, 15) is 18.7 Å². The quantitative estimate of drug-likeness (QED) is 0.808. The lowest BCUT2D eigenvalue weighted by molar-refractivity contribution is -0.150. The minimum Gasteiger partial charge on any atom is -0.467 e. The molecular weight excluding hydrogens is 218 g/mol. The predicted molar refractivity (Wildman–Crippen MR) is 53.0 cm³/mol. The second-order valence-corrected chi connectivity index (χ2v) is 3.40. The van der Waals surface area contributed by atoms with Crippen LogP contribution in [0.25, 0.3) is 0 Å². The largest absolute Gasteiger partial charge is 0.467 e. The van der Waals surface area contributed by atoms with Gasteiger partial charge in [-0.3, -0.25) is 0 Å². The predicted octanol–water partition coefficient (Wildman–Crippen LogP) is 2.00. The number of benzene rings is 1. The molecule has 0 fully saturated rings. The molecule has 1 atom stereocenters. The molecule has 0 saturated heterocycles. The van der Waals surface area contributed by atoms with Crippen molar-refractivity contribution in [3.05, 3.63) is 35.4 Å². The van der Waals surface area contributed by atoms with Crippen LogP contribution < -0.4 is 0 Å². The highest BCUT2D eigenvalue weighted by molar-refractivity contribution is 5.76. The van der Waals surface area contributed by atoms with E-state index in [-0.39, 0.29) is 11.1 Å². The molecule has 0 aromatic heterocycles. The summed E-state index contributed by atoms with van der Waals surface area (Å²) in [5, 5.41) is 9.53. The van der Waals surface area contributed by atoms with Crippen molar-refractivity contribution >= 4 is 5.97 Å². The number of aliphatic hydroxyl groups is 1. The average Bonchev–Trinajstić information content (AvgIpc) is 2.26. The van der Waals surface area contributed by atoms with Gasteiger partial charge >= 0.3 is 5.97 Å². The third-order valence-corrected chi connectivity index (χ3v) is 2.15. The zero-order valence-corrected chi connectivity index (χ0v) is 8.91. The molecule has 3 nitrogen and oxygen atoms in total. The molecule has 0 bridgehead atoms. The van der Waals surface area contributed by atoms with Gasteiger partial charge in [-0.05, 0) is 0 Å². The molecule has 88 valence electrons. The Morgan fingerprint density at radius 2 is 2.00 bits per heavy atom. The van der Waals surface area contributed by atoms with Gasteiger partial charge in [-0.1, -0.05) is 24.3 Å². The van der Waals surface area contributed by atoms with Crippen molar-refractivity contribution in [1.29, 1.82) is 0 Å². The highest BCUT2D eigenvalue weighted by Crippen LogP contribution is 2.32. The van der Waals surface area contributed by atoms with Gasteiger partial charge in [-0.15, -0.1) is 0 Å². The number of hydrogen-bond donors (Lipinski definition) is 1. The molecule has 16 heavy (non-hydrogen) atoms. The van der Waals surface area contributed by atoms with Crippen molar-refractivity contribution in [3.63, 3.8) is 0 Å². The van der Waals surface area contributed by atoms with Crippen LogP contribution in [-0.4, -0.2) is 18.2 Å². The lowest BCUT2D eigenvalue weighted by Gasteiger charge is -2.18. The summed E-state index contributed by atoms with van der Waals surface area (Å²) in [7, 11) is 1.08. The molecule has 0 aliphatic carbocycles. The van der Waals surface area contributed by atoms with Crippen LogP contribution in [0.15, 0.2) is 24.3 Å². The molecule has 0 radical (unpaired) electrons. The number of ether oxygens (including phenoxy) is 1. The molecule has 0 aliphatic heterocycles. The normalized spacial score (nSPS) is 13.3. The maximum Gasteiger partial charge on any atom is 0.339 e. The summed E-state index contributed by atoms with van der Waals surface area (Å²) in [6, 6.07) is 5.33. The fourth-order valence-electron chi connectivity index (χ4n) is 1.37.